The Morgan fingerprint density at radius 3 is 2.93 bits per heavy atom. The number of benzene rings is 1. The van der Waals surface area contributed by atoms with Gasteiger partial charge < -0.3 is 0 Å². The first kappa shape index (κ1) is 9.20. The number of nitrogens with zero attached hydrogens (tertiary/aromatic N) is 1. The van der Waals surface area contributed by atoms with Crippen LogP contribution in [-0.2, 0) is 9.78 Å². The molecule has 1 saturated heterocycles. The molecule has 2 rings (SSSR count). The van der Waals surface area contributed by atoms with Gasteiger partial charge in [0.15, 0.2) is 0 Å². The Morgan fingerprint density at radius 1 is 1.36 bits per heavy atom. The van der Waals surface area contributed by atoms with Crippen molar-refractivity contribution in [2.24, 2.45) is 0 Å². The molecule has 1 aromatic carbocycles. The molecule has 1 fully saturated rings. The number of rotatable bonds is 1. The van der Waals surface area contributed by atoms with Crippen molar-refractivity contribution < 1.29 is 9.78 Å². The van der Waals surface area contributed by atoms with Crippen LogP contribution in [0.15, 0.2) is 24.3 Å². The summed E-state index contributed by atoms with van der Waals surface area (Å²) in [6.07, 6.45) is 1.81. The second kappa shape index (κ2) is 4.23. The topological polar surface area (TPSA) is 42.2 Å². The van der Waals surface area contributed by atoms with Gasteiger partial charge in [-0.1, -0.05) is 18.2 Å². The average Bonchev–Trinajstić information content (AvgIpc) is 2.30. The molecule has 1 atom stereocenters. The quantitative estimate of drug-likeness (QED) is 0.637. The highest BCUT2D eigenvalue weighted by atomic mass is 17.2. The van der Waals surface area contributed by atoms with Gasteiger partial charge in [-0.2, -0.15) is 5.26 Å². The first-order valence-electron chi connectivity index (χ1n) is 4.69. The van der Waals surface area contributed by atoms with Crippen molar-refractivity contribution in [3.63, 3.8) is 0 Å². The molecule has 1 aliphatic rings. The molecule has 1 heterocycles. The van der Waals surface area contributed by atoms with Crippen LogP contribution < -0.4 is 0 Å². The zero-order valence-corrected chi connectivity index (χ0v) is 7.77. The molecule has 72 valence electrons. The van der Waals surface area contributed by atoms with E-state index in [9.17, 15) is 0 Å². The van der Waals surface area contributed by atoms with Crippen molar-refractivity contribution in [1.29, 1.82) is 5.26 Å². The smallest absolute Gasteiger partial charge is 0.119 e. The first-order chi connectivity index (χ1) is 6.92. The summed E-state index contributed by atoms with van der Waals surface area (Å²) in [5, 5.41) is 8.90. The lowest BCUT2D eigenvalue weighted by molar-refractivity contribution is -0.348. The third-order valence-electron chi connectivity index (χ3n) is 2.31. The Kier molecular flexibility index (Phi) is 2.78. The van der Waals surface area contributed by atoms with E-state index in [1.54, 1.807) is 6.07 Å². The van der Waals surface area contributed by atoms with Crippen LogP contribution in [0.5, 0.6) is 0 Å². The molecule has 1 unspecified atom stereocenters. The summed E-state index contributed by atoms with van der Waals surface area (Å²) in [5.41, 5.74) is 1.60. The second-order valence-electron chi connectivity index (χ2n) is 3.25. The summed E-state index contributed by atoms with van der Waals surface area (Å²) in [4.78, 5) is 10.1. The van der Waals surface area contributed by atoms with Crippen LogP contribution >= 0.6 is 0 Å². The van der Waals surface area contributed by atoms with Crippen molar-refractivity contribution in [3.8, 4) is 6.07 Å². The van der Waals surface area contributed by atoms with Crippen molar-refractivity contribution in [1.82, 2.24) is 0 Å². The van der Waals surface area contributed by atoms with Gasteiger partial charge in [0.2, 0.25) is 0 Å². The maximum absolute atomic E-state index is 8.90. The zero-order valence-electron chi connectivity index (χ0n) is 7.77. The van der Waals surface area contributed by atoms with Gasteiger partial charge in [0.05, 0.1) is 18.2 Å². The van der Waals surface area contributed by atoms with E-state index in [1.165, 1.54) is 0 Å². The molecule has 0 radical (unpaired) electrons. The SMILES string of the molecule is N#Cc1ccccc1C1CCCOO1. The zero-order chi connectivity index (χ0) is 9.80. The first-order valence-corrected chi connectivity index (χ1v) is 4.69. The van der Waals surface area contributed by atoms with Crippen LogP contribution in [0.3, 0.4) is 0 Å². The minimum atomic E-state index is -0.0837. The lowest BCUT2D eigenvalue weighted by Crippen LogP contribution is -2.14. The molecule has 0 aromatic heterocycles. The van der Waals surface area contributed by atoms with Crippen molar-refractivity contribution >= 4 is 0 Å². The van der Waals surface area contributed by atoms with Crippen LogP contribution in [0.2, 0.25) is 0 Å². The molecular weight excluding hydrogens is 178 g/mol. The maximum atomic E-state index is 8.90. The Balaban J connectivity index is 2.26. The van der Waals surface area contributed by atoms with E-state index in [0.29, 0.717) is 12.2 Å². The highest BCUT2D eigenvalue weighted by molar-refractivity contribution is 5.38. The largest absolute Gasteiger partial charge is 0.236 e. The van der Waals surface area contributed by atoms with E-state index < -0.39 is 0 Å². The molecule has 3 heteroatoms. The minimum absolute atomic E-state index is 0.0837. The third kappa shape index (κ3) is 1.77. The molecule has 0 aliphatic carbocycles. The van der Waals surface area contributed by atoms with Gasteiger partial charge in [0.1, 0.15) is 6.10 Å². The molecule has 0 saturated carbocycles. The van der Waals surface area contributed by atoms with Crippen molar-refractivity contribution in [2.45, 2.75) is 18.9 Å². The van der Waals surface area contributed by atoms with Crippen LogP contribution in [-0.4, -0.2) is 6.61 Å². The summed E-state index contributed by atoms with van der Waals surface area (Å²) in [5.74, 6) is 0. The monoisotopic (exact) mass is 189 g/mol. The second-order valence-corrected chi connectivity index (χ2v) is 3.25. The van der Waals surface area contributed by atoms with E-state index in [-0.39, 0.29) is 6.10 Å². The maximum Gasteiger partial charge on any atom is 0.119 e. The van der Waals surface area contributed by atoms with Crippen LogP contribution in [0, 0.1) is 11.3 Å². The number of nitriles is 1. The Morgan fingerprint density at radius 2 is 2.21 bits per heavy atom. The number of hydrogen-bond donors (Lipinski definition) is 0. The van der Waals surface area contributed by atoms with E-state index in [2.05, 4.69) is 6.07 Å². The molecule has 0 bridgehead atoms. The summed E-state index contributed by atoms with van der Waals surface area (Å²) in [6, 6.07) is 9.63. The molecule has 14 heavy (non-hydrogen) atoms. The number of hydrogen-bond acceptors (Lipinski definition) is 3. The summed E-state index contributed by atoms with van der Waals surface area (Å²) < 4.78 is 0. The molecule has 1 aliphatic heterocycles. The van der Waals surface area contributed by atoms with Gasteiger partial charge in [-0.15, -0.1) is 0 Å². The molecule has 0 N–H and O–H groups in total. The third-order valence-corrected chi connectivity index (χ3v) is 2.31. The Hall–Kier alpha value is -1.37. The molecule has 1 aromatic rings. The van der Waals surface area contributed by atoms with E-state index >= 15 is 0 Å². The van der Waals surface area contributed by atoms with Gasteiger partial charge in [-0.3, -0.25) is 0 Å². The summed E-state index contributed by atoms with van der Waals surface area (Å²) in [7, 11) is 0. The molecular formula is C11H11NO2. The van der Waals surface area contributed by atoms with E-state index in [0.717, 1.165) is 18.4 Å². The van der Waals surface area contributed by atoms with Crippen molar-refractivity contribution in [3.05, 3.63) is 35.4 Å². The average molecular weight is 189 g/mol. The van der Waals surface area contributed by atoms with E-state index in [1.807, 2.05) is 18.2 Å². The Labute approximate surface area is 82.8 Å². The fourth-order valence-corrected chi connectivity index (χ4v) is 1.59. The lowest BCUT2D eigenvalue weighted by Gasteiger charge is -2.22. The van der Waals surface area contributed by atoms with Gasteiger partial charge in [0, 0.05) is 5.56 Å². The standard InChI is InChI=1S/C11H11NO2/c12-8-9-4-1-2-5-10(9)11-6-3-7-13-14-11/h1-2,4-5,11H,3,6-7H2. The van der Waals surface area contributed by atoms with Gasteiger partial charge in [-0.05, 0) is 18.9 Å². The van der Waals surface area contributed by atoms with Crippen LogP contribution in [0.4, 0.5) is 0 Å². The molecule has 3 nitrogen and oxygen atoms in total. The molecule has 0 amide bonds. The van der Waals surface area contributed by atoms with Crippen LogP contribution in [0.25, 0.3) is 0 Å². The van der Waals surface area contributed by atoms with Gasteiger partial charge >= 0.3 is 0 Å². The highest BCUT2D eigenvalue weighted by Crippen LogP contribution is 2.28. The summed E-state index contributed by atoms with van der Waals surface area (Å²) >= 11 is 0. The highest BCUT2D eigenvalue weighted by Gasteiger charge is 2.19. The van der Waals surface area contributed by atoms with Gasteiger partial charge in [-0.25, -0.2) is 9.78 Å². The molecule has 0 spiro atoms. The lowest BCUT2D eigenvalue weighted by atomic mass is 10.00. The normalized spacial score (nSPS) is 21.5. The predicted molar refractivity (Wildman–Crippen MR) is 50.2 cm³/mol. The summed E-state index contributed by atoms with van der Waals surface area (Å²) in [6.45, 7) is 0.644. The fourth-order valence-electron chi connectivity index (χ4n) is 1.59. The van der Waals surface area contributed by atoms with Gasteiger partial charge in [0.25, 0.3) is 0 Å². The Bertz CT molecular complexity index is 351. The minimum Gasteiger partial charge on any atom is -0.236 e. The fraction of sp³-hybridized carbons (Fsp3) is 0.364. The predicted octanol–water partition coefficient (Wildman–Crippen LogP) is 2.34. The van der Waals surface area contributed by atoms with E-state index in [4.69, 9.17) is 15.0 Å². The van der Waals surface area contributed by atoms with Crippen LogP contribution in [0.1, 0.15) is 30.1 Å². The van der Waals surface area contributed by atoms with Crippen molar-refractivity contribution in [2.75, 3.05) is 6.61 Å².